The summed E-state index contributed by atoms with van der Waals surface area (Å²) in [6.07, 6.45) is 5.97. The Morgan fingerprint density at radius 1 is 1.21 bits per heavy atom. The van der Waals surface area contributed by atoms with E-state index < -0.39 is 0 Å². The van der Waals surface area contributed by atoms with E-state index in [2.05, 4.69) is 27.0 Å². The van der Waals surface area contributed by atoms with Gasteiger partial charge in [0.1, 0.15) is 0 Å². The van der Waals surface area contributed by atoms with Gasteiger partial charge in [-0.05, 0) is 19.8 Å². The van der Waals surface area contributed by atoms with Crippen LogP contribution < -0.4 is 5.32 Å². The summed E-state index contributed by atoms with van der Waals surface area (Å²) in [6, 6.07) is 10.4. The maximum Gasteiger partial charge on any atom is 0.230 e. The highest BCUT2D eigenvalue weighted by Crippen LogP contribution is 2.24. The molecule has 3 rings (SSSR count). The number of aromatic nitrogens is 3. The van der Waals surface area contributed by atoms with Gasteiger partial charge >= 0.3 is 0 Å². The van der Waals surface area contributed by atoms with E-state index in [9.17, 15) is 4.79 Å². The van der Waals surface area contributed by atoms with Gasteiger partial charge in [-0.1, -0.05) is 61.4 Å². The molecule has 0 unspecified atom stereocenters. The summed E-state index contributed by atoms with van der Waals surface area (Å²) in [6.45, 7) is 2.85. The van der Waals surface area contributed by atoms with Crippen LogP contribution in [0.15, 0.2) is 35.5 Å². The number of thioether (sulfide) groups is 1. The number of rotatable bonds is 6. The molecule has 1 heterocycles. The zero-order valence-electron chi connectivity index (χ0n) is 14.1. The van der Waals surface area contributed by atoms with Gasteiger partial charge in [-0.25, -0.2) is 0 Å². The molecule has 1 aliphatic rings. The van der Waals surface area contributed by atoms with Crippen LogP contribution in [0.25, 0.3) is 11.4 Å². The largest absolute Gasteiger partial charge is 0.353 e. The number of carbonyl (C=O) groups excluding carboxylic acids is 1. The molecule has 1 aliphatic carbocycles. The smallest absolute Gasteiger partial charge is 0.230 e. The summed E-state index contributed by atoms with van der Waals surface area (Å²) >= 11 is 1.46. The monoisotopic (exact) mass is 344 g/mol. The van der Waals surface area contributed by atoms with Crippen molar-refractivity contribution in [2.45, 2.75) is 56.8 Å². The van der Waals surface area contributed by atoms with E-state index in [0.717, 1.165) is 35.9 Å². The third kappa shape index (κ3) is 4.17. The van der Waals surface area contributed by atoms with Crippen molar-refractivity contribution < 1.29 is 4.79 Å². The molecule has 128 valence electrons. The van der Waals surface area contributed by atoms with Crippen LogP contribution in [-0.4, -0.2) is 32.5 Å². The lowest BCUT2D eigenvalue weighted by Gasteiger charge is -2.22. The van der Waals surface area contributed by atoms with Crippen LogP contribution in [-0.2, 0) is 11.3 Å². The number of amides is 1. The topological polar surface area (TPSA) is 59.8 Å². The number of hydrogen-bond acceptors (Lipinski definition) is 4. The lowest BCUT2D eigenvalue weighted by Crippen LogP contribution is -2.37. The Kier molecular flexibility index (Phi) is 5.91. The molecule has 0 bridgehead atoms. The predicted molar refractivity (Wildman–Crippen MR) is 96.9 cm³/mol. The first-order valence-electron chi connectivity index (χ1n) is 8.68. The summed E-state index contributed by atoms with van der Waals surface area (Å²) in [5, 5.41) is 12.5. The maximum absolute atomic E-state index is 12.2. The van der Waals surface area contributed by atoms with Crippen LogP contribution in [0.4, 0.5) is 0 Å². The fourth-order valence-electron chi connectivity index (χ4n) is 3.13. The first-order chi connectivity index (χ1) is 11.8. The minimum absolute atomic E-state index is 0.0961. The third-order valence-corrected chi connectivity index (χ3v) is 5.33. The Labute approximate surface area is 147 Å². The van der Waals surface area contributed by atoms with Gasteiger partial charge in [-0.2, -0.15) is 0 Å². The second kappa shape index (κ2) is 8.33. The second-order valence-electron chi connectivity index (χ2n) is 6.11. The quantitative estimate of drug-likeness (QED) is 0.815. The molecule has 0 atom stereocenters. The van der Waals surface area contributed by atoms with Crippen LogP contribution in [0.2, 0.25) is 0 Å². The van der Waals surface area contributed by atoms with E-state index in [1.807, 2.05) is 30.3 Å². The second-order valence-corrected chi connectivity index (χ2v) is 7.05. The lowest BCUT2D eigenvalue weighted by atomic mass is 9.95. The Morgan fingerprint density at radius 2 is 1.96 bits per heavy atom. The zero-order chi connectivity index (χ0) is 16.8. The summed E-state index contributed by atoms with van der Waals surface area (Å²) in [5.74, 6) is 1.34. The van der Waals surface area contributed by atoms with Crippen molar-refractivity contribution in [2.24, 2.45) is 0 Å². The molecule has 1 aromatic heterocycles. The number of hydrogen-bond donors (Lipinski definition) is 1. The summed E-state index contributed by atoms with van der Waals surface area (Å²) in [5.41, 5.74) is 1.05. The fraction of sp³-hybridized carbons (Fsp3) is 0.500. The van der Waals surface area contributed by atoms with Gasteiger partial charge in [0, 0.05) is 18.2 Å². The van der Waals surface area contributed by atoms with E-state index in [4.69, 9.17) is 0 Å². The van der Waals surface area contributed by atoms with Crippen molar-refractivity contribution in [2.75, 3.05) is 5.75 Å². The highest BCUT2D eigenvalue weighted by atomic mass is 32.2. The Hall–Kier alpha value is -1.82. The molecule has 1 N–H and O–H groups in total. The first-order valence-corrected chi connectivity index (χ1v) is 9.67. The van der Waals surface area contributed by atoms with Gasteiger partial charge < -0.3 is 9.88 Å². The van der Waals surface area contributed by atoms with Crippen LogP contribution in [0.1, 0.15) is 39.0 Å². The summed E-state index contributed by atoms with van der Waals surface area (Å²) < 4.78 is 2.06. The van der Waals surface area contributed by atoms with Crippen LogP contribution >= 0.6 is 11.8 Å². The standard InChI is InChI=1S/C18H24N4OS/c1-2-22-17(14-9-5-3-6-10-14)20-21-18(22)24-13-16(23)19-15-11-7-4-8-12-15/h3,5-6,9-10,15H,2,4,7-8,11-13H2,1H3,(H,19,23). The average molecular weight is 344 g/mol. The molecule has 0 aliphatic heterocycles. The molecule has 6 heteroatoms. The lowest BCUT2D eigenvalue weighted by molar-refractivity contribution is -0.119. The fourth-order valence-corrected chi connectivity index (χ4v) is 3.94. The molecular weight excluding hydrogens is 320 g/mol. The van der Waals surface area contributed by atoms with Gasteiger partial charge in [-0.15, -0.1) is 10.2 Å². The first kappa shape index (κ1) is 17.0. The van der Waals surface area contributed by atoms with E-state index in [-0.39, 0.29) is 5.91 Å². The molecule has 1 amide bonds. The molecule has 0 spiro atoms. The minimum Gasteiger partial charge on any atom is -0.353 e. The Bertz CT molecular complexity index is 665. The summed E-state index contributed by atoms with van der Waals surface area (Å²) in [7, 11) is 0. The van der Waals surface area contributed by atoms with Gasteiger partial charge in [0.25, 0.3) is 0 Å². The van der Waals surface area contributed by atoms with E-state index in [1.165, 1.54) is 31.0 Å². The molecule has 1 aromatic carbocycles. The Balaban J connectivity index is 1.61. The number of nitrogens with zero attached hydrogens (tertiary/aromatic N) is 3. The molecule has 0 saturated heterocycles. The van der Waals surface area contributed by atoms with Crippen LogP contribution in [0, 0.1) is 0 Å². The van der Waals surface area contributed by atoms with Crippen molar-refractivity contribution in [3.8, 4) is 11.4 Å². The van der Waals surface area contributed by atoms with Crippen LogP contribution in [0.3, 0.4) is 0 Å². The average Bonchev–Trinajstić information content (AvgIpc) is 3.04. The van der Waals surface area contributed by atoms with Gasteiger partial charge in [0.2, 0.25) is 5.91 Å². The third-order valence-electron chi connectivity index (χ3n) is 4.37. The minimum atomic E-state index is 0.0961. The number of carbonyl (C=O) groups is 1. The highest BCUT2D eigenvalue weighted by Gasteiger charge is 2.17. The number of benzene rings is 1. The van der Waals surface area contributed by atoms with Crippen molar-refractivity contribution in [1.29, 1.82) is 0 Å². The summed E-state index contributed by atoms with van der Waals surface area (Å²) in [4.78, 5) is 12.2. The van der Waals surface area contributed by atoms with Crippen molar-refractivity contribution in [1.82, 2.24) is 20.1 Å². The zero-order valence-corrected chi connectivity index (χ0v) is 14.9. The molecule has 5 nitrogen and oxygen atoms in total. The SMILES string of the molecule is CCn1c(SCC(=O)NC2CCCCC2)nnc1-c1ccccc1. The van der Waals surface area contributed by atoms with Crippen molar-refractivity contribution >= 4 is 17.7 Å². The van der Waals surface area contributed by atoms with Gasteiger partial charge in [0.15, 0.2) is 11.0 Å². The molecule has 1 saturated carbocycles. The molecular formula is C18H24N4OS. The van der Waals surface area contributed by atoms with Crippen LogP contribution in [0.5, 0.6) is 0 Å². The van der Waals surface area contributed by atoms with Crippen molar-refractivity contribution in [3.05, 3.63) is 30.3 Å². The number of nitrogens with one attached hydrogen (secondary N) is 1. The van der Waals surface area contributed by atoms with E-state index in [1.54, 1.807) is 0 Å². The van der Waals surface area contributed by atoms with Crippen molar-refractivity contribution in [3.63, 3.8) is 0 Å². The molecule has 2 aromatic rings. The van der Waals surface area contributed by atoms with E-state index >= 15 is 0 Å². The highest BCUT2D eigenvalue weighted by molar-refractivity contribution is 7.99. The van der Waals surface area contributed by atoms with E-state index in [0.29, 0.717) is 11.8 Å². The molecule has 24 heavy (non-hydrogen) atoms. The van der Waals surface area contributed by atoms with Gasteiger partial charge in [0.05, 0.1) is 5.75 Å². The van der Waals surface area contributed by atoms with Gasteiger partial charge in [-0.3, -0.25) is 4.79 Å². The molecule has 1 fully saturated rings. The Morgan fingerprint density at radius 3 is 2.67 bits per heavy atom. The normalized spacial score (nSPS) is 15.4. The maximum atomic E-state index is 12.2. The predicted octanol–water partition coefficient (Wildman–Crippen LogP) is 3.51. The molecule has 0 radical (unpaired) electrons.